The average Bonchev–Trinajstić information content (AvgIpc) is 2.93. The van der Waals surface area contributed by atoms with Gasteiger partial charge in [0.1, 0.15) is 5.78 Å². The van der Waals surface area contributed by atoms with Gasteiger partial charge >= 0.3 is 5.97 Å². The summed E-state index contributed by atoms with van der Waals surface area (Å²) in [5.41, 5.74) is 2.64. The number of fused-ring (bicyclic) bond motifs is 1. The van der Waals surface area contributed by atoms with E-state index < -0.39 is 5.41 Å². The van der Waals surface area contributed by atoms with E-state index in [9.17, 15) is 9.59 Å². The number of hydrogen-bond acceptors (Lipinski definition) is 4. The minimum Gasteiger partial charge on any atom is -0.465 e. The Morgan fingerprint density at radius 3 is 2.70 bits per heavy atom. The van der Waals surface area contributed by atoms with Crippen LogP contribution in [-0.2, 0) is 20.7 Å². The Kier molecular flexibility index (Phi) is 5.69. The van der Waals surface area contributed by atoms with E-state index in [2.05, 4.69) is 4.99 Å². The number of carbonyl (C=O) groups is 2. The number of para-hydroxylation sites is 1. The molecule has 0 saturated heterocycles. The summed E-state index contributed by atoms with van der Waals surface area (Å²) in [6.07, 6.45) is 2.90. The number of ketones is 1. The summed E-state index contributed by atoms with van der Waals surface area (Å²) in [7, 11) is 0. The summed E-state index contributed by atoms with van der Waals surface area (Å²) in [5, 5.41) is 0. The summed E-state index contributed by atoms with van der Waals surface area (Å²) in [6.45, 7) is 6.01. The molecule has 0 radical (unpaired) electrons. The first-order chi connectivity index (χ1) is 10.9. The molecular weight excluding hydrogens is 290 g/mol. The van der Waals surface area contributed by atoms with Crippen LogP contribution in [0.15, 0.2) is 29.3 Å². The second-order valence-electron chi connectivity index (χ2n) is 6.68. The van der Waals surface area contributed by atoms with Crippen LogP contribution in [0.25, 0.3) is 0 Å². The third-order valence-corrected chi connectivity index (χ3v) is 4.34. The highest BCUT2D eigenvalue weighted by molar-refractivity contribution is 6.06. The highest BCUT2D eigenvalue weighted by atomic mass is 16.5. The van der Waals surface area contributed by atoms with Crippen LogP contribution in [0.1, 0.15) is 52.0 Å². The van der Waals surface area contributed by atoms with Crippen LogP contribution < -0.4 is 0 Å². The Labute approximate surface area is 138 Å². The first-order valence-electron chi connectivity index (χ1n) is 8.25. The summed E-state index contributed by atoms with van der Waals surface area (Å²) in [6, 6.07) is 7.97. The molecule has 0 fully saturated rings. The summed E-state index contributed by atoms with van der Waals surface area (Å²) < 4.78 is 5.25. The molecule has 0 amide bonds. The molecule has 1 aromatic rings. The van der Waals surface area contributed by atoms with E-state index in [4.69, 9.17) is 4.74 Å². The number of esters is 1. The van der Waals surface area contributed by atoms with Crippen molar-refractivity contribution in [1.82, 2.24) is 0 Å². The van der Waals surface area contributed by atoms with Crippen molar-refractivity contribution in [3.05, 3.63) is 29.8 Å². The Balaban J connectivity index is 1.68. The van der Waals surface area contributed by atoms with Crippen molar-refractivity contribution in [2.24, 2.45) is 10.4 Å². The van der Waals surface area contributed by atoms with Crippen LogP contribution in [0.5, 0.6) is 0 Å². The van der Waals surface area contributed by atoms with E-state index in [1.165, 1.54) is 5.56 Å². The summed E-state index contributed by atoms with van der Waals surface area (Å²) in [5.74, 6) is -0.0366. The molecule has 0 aliphatic carbocycles. The van der Waals surface area contributed by atoms with Crippen molar-refractivity contribution in [2.45, 2.75) is 52.9 Å². The molecule has 1 aliphatic rings. The van der Waals surface area contributed by atoms with Crippen LogP contribution in [0.2, 0.25) is 0 Å². The van der Waals surface area contributed by atoms with Crippen molar-refractivity contribution in [1.29, 1.82) is 0 Å². The van der Waals surface area contributed by atoms with Crippen molar-refractivity contribution in [3.63, 3.8) is 0 Å². The number of carbonyl (C=O) groups excluding carboxylic acids is 2. The van der Waals surface area contributed by atoms with Gasteiger partial charge < -0.3 is 4.74 Å². The Hall–Kier alpha value is -1.97. The molecular formula is C19H25NO3. The Morgan fingerprint density at radius 2 is 2.00 bits per heavy atom. The zero-order valence-electron chi connectivity index (χ0n) is 14.2. The zero-order chi connectivity index (χ0) is 16.9. The highest BCUT2D eigenvalue weighted by Gasteiger charge is 2.26. The first kappa shape index (κ1) is 17.4. The van der Waals surface area contributed by atoms with Gasteiger partial charge in [-0.2, -0.15) is 0 Å². The van der Waals surface area contributed by atoms with Gasteiger partial charge in [0.25, 0.3) is 0 Å². The fourth-order valence-electron chi connectivity index (χ4n) is 2.39. The van der Waals surface area contributed by atoms with Crippen LogP contribution >= 0.6 is 0 Å². The third kappa shape index (κ3) is 4.75. The van der Waals surface area contributed by atoms with Gasteiger partial charge in [-0.1, -0.05) is 25.1 Å². The van der Waals surface area contributed by atoms with Gasteiger partial charge in [-0.05, 0) is 38.3 Å². The monoisotopic (exact) mass is 315 g/mol. The average molecular weight is 315 g/mol. The predicted octanol–water partition coefficient (Wildman–Crippen LogP) is 4.03. The van der Waals surface area contributed by atoms with Gasteiger partial charge in [-0.15, -0.1) is 0 Å². The lowest BCUT2D eigenvalue weighted by Gasteiger charge is -2.20. The largest absolute Gasteiger partial charge is 0.465 e. The number of nitrogens with zero attached hydrogens (tertiary/aromatic N) is 1. The first-order valence-corrected chi connectivity index (χ1v) is 8.25. The van der Waals surface area contributed by atoms with Crippen molar-refractivity contribution in [3.8, 4) is 0 Å². The molecule has 1 aromatic carbocycles. The summed E-state index contributed by atoms with van der Waals surface area (Å²) in [4.78, 5) is 28.3. The van der Waals surface area contributed by atoms with E-state index in [-0.39, 0.29) is 11.8 Å². The van der Waals surface area contributed by atoms with Gasteiger partial charge in [-0.25, -0.2) is 0 Å². The van der Waals surface area contributed by atoms with Gasteiger partial charge in [-0.3, -0.25) is 14.6 Å². The normalized spacial score (nSPS) is 13.4. The molecule has 1 heterocycles. The fraction of sp³-hybridized carbons (Fsp3) is 0.526. The smallest absolute Gasteiger partial charge is 0.311 e. The Morgan fingerprint density at radius 1 is 1.26 bits per heavy atom. The molecule has 0 saturated carbocycles. The van der Waals surface area contributed by atoms with Crippen molar-refractivity contribution >= 4 is 23.2 Å². The van der Waals surface area contributed by atoms with Crippen LogP contribution in [0, 0.1) is 5.41 Å². The topological polar surface area (TPSA) is 55.7 Å². The molecule has 4 heteroatoms. The maximum Gasteiger partial charge on any atom is 0.311 e. The molecule has 23 heavy (non-hydrogen) atoms. The fourth-order valence-corrected chi connectivity index (χ4v) is 2.39. The number of rotatable bonds is 8. The molecule has 0 N–H and O–H groups in total. The molecule has 1 aliphatic heterocycles. The maximum absolute atomic E-state index is 12.0. The lowest BCUT2D eigenvalue weighted by Crippen LogP contribution is -2.26. The number of hydrogen-bond donors (Lipinski definition) is 0. The van der Waals surface area contributed by atoms with Gasteiger partial charge in [0, 0.05) is 25.0 Å². The predicted molar refractivity (Wildman–Crippen MR) is 91.1 cm³/mol. The molecule has 124 valence electrons. The lowest BCUT2D eigenvalue weighted by atomic mass is 9.91. The number of benzene rings is 1. The minimum absolute atomic E-state index is 0.155. The van der Waals surface area contributed by atoms with E-state index >= 15 is 0 Å². The van der Waals surface area contributed by atoms with E-state index in [1.54, 1.807) is 0 Å². The molecule has 0 spiro atoms. The van der Waals surface area contributed by atoms with Gasteiger partial charge in [0.05, 0.1) is 17.7 Å². The molecule has 0 aromatic heterocycles. The molecule has 0 unspecified atom stereocenters. The number of aliphatic imine (C=N–C) groups is 1. The minimum atomic E-state index is -0.450. The van der Waals surface area contributed by atoms with E-state index in [1.807, 2.05) is 45.0 Å². The van der Waals surface area contributed by atoms with E-state index in [0.29, 0.717) is 25.9 Å². The molecule has 4 nitrogen and oxygen atoms in total. The standard InChI is InChI=1S/C19H25NO3/c1-4-19(2,3)18(22)23-11-7-9-16(21)13-15-12-14-8-5-6-10-17(14)20-15/h5-6,8,10H,4,7,9,11-13H2,1-3H3. The lowest BCUT2D eigenvalue weighted by molar-refractivity contribution is -0.154. The molecule has 0 atom stereocenters. The van der Waals surface area contributed by atoms with Gasteiger partial charge in [0.2, 0.25) is 0 Å². The molecule has 2 rings (SSSR count). The van der Waals surface area contributed by atoms with Crippen LogP contribution in [-0.4, -0.2) is 24.1 Å². The van der Waals surface area contributed by atoms with Gasteiger partial charge in [0.15, 0.2) is 0 Å². The Bertz CT molecular complexity index is 617. The SMILES string of the molecule is CCC(C)(C)C(=O)OCCCC(=O)CC1=Nc2ccccc2C1. The van der Waals surface area contributed by atoms with Crippen LogP contribution in [0.3, 0.4) is 0 Å². The quantitative estimate of drug-likeness (QED) is 0.537. The zero-order valence-corrected chi connectivity index (χ0v) is 14.2. The highest BCUT2D eigenvalue weighted by Crippen LogP contribution is 2.27. The second-order valence-corrected chi connectivity index (χ2v) is 6.68. The number of Topliss-reactive ketones (excluding diaryl/α,β-unsaturated/α-hetero) is 1. The number of ether oxygens (including phenoxy) is 1. The molecule has 0 bridgehead atoms. The van der Waals surface area contributed by atoms with E-state index in [0.717, 1.165) is 24.2 Å². The third-order valence-electron chi connectivity index (χ3n) is 4.34. The second kappa shape index (κ2) is 7.53. The van der Waals surface area contributed by atoms with Crippen molar-refractivity contribution in [2.75, 3.05) is 6.61 Å². The summed E-state index contributed by atoms with van der Waals surface area (Å²) >= 11 is 0. The van der Waals surface area contributed by atoms with Crippen molar-refractivity contribution < 1.29 is 14.3 Å². The van der Waals surface area contributed by atoms with Crippen LogP contribution in [0.4, 0.5) is 5.69 Å². The maximum atomic E-state index is 12.0.